The van der Waals surface area contributed by atoms with Gasteiger partial charge < -0.3 is 10.2 Å². The Hall–Kier alpha value is -3.78. The number of carbonyl (C=O) groups is 3. The summed E-state index contributed by atoms with van der Waals surface area (Å²) in [6.45, 7) is 5.74. The average molecular weight is 477 g/mol. The summed E-state index contributed by atoms with van der Waals surface area (Å²) in [5, 5.41) is 20.5. The van der Waals surface area contributed by atoms with E-state index in [1.54, 1.807) is 29.5 Å². The predicted molar refractivity (Wildman–Crippen MR) is 130 cm³/mol. The zero-order chi connectivity index (χ0) is 24.6. The number of aliphatic hydroxyl groups excluding tert-OH is 1. The quantitative estimate of drug-likeness (QED) is 0.477. The van der Waals surface area contributed by atoms with Crippen molar-refractivity contribution < 1.29 is 24.6 Å². The van der Waals surface area contributed by atoms with Crippen LogP contribution < -0.4 is 4.90 Å². The number of aromatic carboxylic acids is 1. The van der Waals surface area contributed by atoms with E-state index in [0.29, 0.717) is 5.69 Å². The molecule has 1 aliphatic rings. The molecule has 0 saturated carbocycles. The molecule has 2 N–H and O–H groups in total. The maximum atomic E-state index is 13.2. The van der Waals surface area contributed by atoms with Crippen LogP contribution in [0.3, 0.4) is 0 Å². The van der Waals surface area contributed by atoms with Gasteiger partial charge in [0, 0.05) is 33.6 Å². The third-order valence-corrected chi connectivity index (χ3v) is 6.66. The SMILES string of the molecule is Cc1ccc(-c2ccc(N3C(=O)C(O)=C(C(=O)CC(C)C)C3c3cccnc3C(=O)O)cc2)s1. The van der Waals surface area contributed by atoms with Gasteiger partial charge in [-0.25, -0.2) is 9.78 Å². The summed E-state index contributed by atoms with van der Waals surface area (Å²) in [6, 6.07) is 13.2. The fraction of sp³-hybridized carbons (Fsp3) is 0.231. The van der Waals surface area contributed by atoms with Gasteiger partial charge in [-0.15, -0.1) is 11.3 Å². The van der Waals surface area contributed by atoms with E-state index in [0.717, 1.165) is 10.4 Å². The molecule has 1 unspecified atom stereocenters. The fourth-order valence-corrected chi connectivity index (χ4v) is 5.00. The number of benzene rings is 1. The first-order valence-corrected chi connectivity index (χ1v) is 11.7. The molecule has 7 nitrogen and oxygen atoms in total. The van der Waals surface area contributed by atoms with Gasteiger partial charge in [-0.3, -0.25) is 14.5 Å². The lowest BCUT2D eigenvalue weighted by Crippen LogP contribution is -2.32. The Bertz CT molecular complexity index is 1310. The van der Waals surface area contributed by atoms with Crippen molar-refractivity contribution in [2.24, 2.45) is 5.92 Å². The Morgan fingerprint density at radius 1 is 1.12 bits per heavy atom. The fourth-order valence-electron chi connectivity index (χ4n) is 4.12. The van der Waals surface area contributed by atoms with Crippen molar-refractivity contribution in [1.82, 2.24) is 4.98 Å². The molecular formula is C26H24N2O5S. The number of ketones is 1. The lowest BCUT2D eigenvalue weighted by atomic mass is 9.91. The smallest absolute Gasteiger partial charge is 0.354 e. The molecule has 1 aliphatic heterocycles. The number of Topliss-reactive ketones (excluding diaryl/α,β-unsaturated/α-hetero) is 1. The van der Waals surface area contributed by atoms with E-state index in [2.05, 4.69) is 4.98 Å². The van der Waals surface area contributed by atoms with Gasteiger partial charge in [-0.2, -0.15) is 0 Å². The van der Waals surface area contributed by atoms with Crippen LogP contribution in [0.4, 0.5) is 5.69 Å². The number of carbonyl (C=O) groups excluding carboxylic acids is 2. The van der Waals surface area contributed by atoms with E-state index in [-0.39, 0.29) is 29.2 Å². The van der Waals surface area contributed by atoms with E-state index in [1.807, 2.05) is 45.0 Å². The lowest BCUT2D eigenvalue weighted by Gasteiger charge is -2.27. The Labute approximate surface area is 201 Å². The lowest BCUT2D eigenvalue weighted by molar-refractivity contribution is -0.118. The van der Waals surface area contributed by atoms with Crippen LogP contribution in [0.1, 0.15) is 47.2 Å². The van der Waals surface area contributed by atoms with Crippen LogP contribution in [0.25, 0.3) is 10.4 Å². The standard InChI is InChI=1S/C26H24N2O5S/c1-14(2)13-19(29)21-23(18-5-4-12-27-22(18)26(32)33)28(25(31)24(21)30)17-9-7-16(8-10-17)20-11-6-15(3)34-20/h4-12,14,23,30H,13H2,1-3H3,(H,32,33). The Morgan fingerprint density at radius 3 is 2.41 bits per heavy atom. The van der Waals surface area contributed by atoms with Crippen LogP contribution in [0.2, 0.25) is 0 Å². The Morgan fingerprint density at radius 2 is 1.82 bits per heavy atom. The highest BCUT2D eigenvalue weighted by Crippen LogP contribution is 2.43. The molecule has 0 radical (unpaired) electrons. The monoisotopic (exact) mass is 476 g/mol. The van der Waals surface area contributed by atoms with Crippen molar-refractivity contribution in [2.75, 3.05) is 4.90 Å². The molecule has 0 spiro atoms. The van der Waals surface area contributed by atoms with Crippen LogP contribution in [0, 0.1) is 12.8 Å². The molecule has 1 aromatic carbocycles. The molecule has 0 aliphatic carbocycles. The second-order valence-corrected chi connectivity index (χ2v) is 9.85. The third kappa shape index (κ3) is 4.24. The molecular weight excluding hydrogens is 452 g/mol. The number of thiophene rings is 1. The molecule has 2 aromatic heterocycles. The van der Waals surface area contributed by atoms with Crippen molar-refractivity contribution in [2.45, 2.75) is 33.2 Å². The van der Waals surface area contributed by atoms with Crippen LogP contribution in [0.5, 0.6) is 0 Å². The molecule has 0 bridgehead atoms. The predicted octanol–water partition coefficient (Wildman–Crippen LogP) is 5.33. The van der Waals surface area contributed by atoms with Gasteiger partial charge in [0.15, 0.2) is 17.2 Å². The minimum atomic E-state index is -1.28. The van der Waals surface area contributed by atoms with Gasteiger partial charge >= 0.3 is 5.97 Å². The maximum absolute atomic E-state index is 13.2. The van der Waals surface area contributed by atoms with E-state index < -0.39 is 29.5 Å². The second-order valence-electron chi connectivity index (χ2n) is 8.56. The number of carboxylic acids is 1. The van der Waals surface area contributed by atoms with Crippen LogP contribution in [-0.2, 0) is 9.59 Å². The van der Waals surface area contributed by atoms with Crippen molar-refractivity contribution in [1.29, 1.82) is 0 Å². The van der Waals surface area contributed by atoms with Crippen LogP contribution in [-0.4, -0.2) is 32.9 Å². The summed E-state index contributed by atoms with van der Waals surface area (Å²) in [7, 11) is 0. The van der Waals surface area contributed by atoms with Crippen molar-refractivity contribution in [3.63, 3.8) is 0 Å². The van der Waals surface area contributed by atoms with Crippen molar-refractivity contribution in [3.8, 4) is 10.4 Å². The topological polar surface area (TPSA) is 108 Å². The van der Waals surface area contributed by atoms with Gasteiger partial charge in [-0.1, -0.05) is 32.0 Å². The molecule has 0 saturated heterocycles. The third-order valence-electron chi connectivity index (χ3n) is 5.61. The van der Waals surface area contributed by atoms with Gasteiger partial charge in [0.1, 0.15) is 0 Å². The highest BCUT2D eigenvalue weighted by atomic mass is 32.1. The number of amides is 1. The largest absolute Gasteiger partial charge is 0.503 e. The van der Waals surface area contributed by atoms with Gasteiger partial charge in [0.05, 0.1) is 11.6 Å². The van der Waals surface area contributed by atoms with E-state index in [1.165, 1.54) is 22.0 Å². The molecule has 174 valence electrons. The number of hydrogen-bond acceptors (Lipinski definition) is 6. The van der Waals surface area contributed by atoms with Crippen LogP contribution in [0.15, 0.2) is 66.1 Å². The minimum Gasteiger partial charge on any atom is -0.503 e. The first-order valence-electron chi connectivity index (χ1n) is 10.8. The normalized spacial score (nSPS) is 15.9. The molecule has 3 heterocycles. The molecule has 1 amide bonds. The number of rotatable bonds is 7. The summed E-state index contributed by atoms with van der Waals surface area (Å²) in [4.78, 5) is 45.8. The van der Waals surface area contributed by atoms with E-state index in [4.69, 9.17) is 0 Å². The number of anilines is 1. The molecule has 34 heavy (non-hydrogen) atoms. The summed E-state index contributed by atoms with van der Waals surface area (Å²) in [6.07, 6.45) is 1.45. The van der Waals surface area contributed by atoms with E-state index in [9.17, 15) is 24.6 Å². The Balaban J connectivity index is 1.84. The van der Waals surface area contributed by atoms with Gasteiger partial charge in [0.25, 0.3) is 5.91 Å². The zero-order valence-electron chi connectivity index (χ0n) is 19.0. The number of pyridine rings is 1. The highest BCUT2D eigenvalue weighted by Gasteiger charge is 2.45. The molecule has 4 rings (SSSR count). The van der Waals surface area contributed by atoms with Crippen molar-refractivity contribution >= 4 is 34.7 Å². The van der Waals surface area contributed by atoms with Crippen molar-refractivity contribution in [3.05, 3.63) is 82.2 Å². The first kappa shape index (κ1) is 23.4. The average Bonchev–Trinajstić information content (AvgIpc) is 3.34. The summed E-state index contributed by atoms with van der Waals surface area (Å²) < 4.78 is 0. The highest BCUT2D eigenvalue weighted by molar-refractivity contribution is 7.15. The minimum absolute atomic E-state index is 0.0148. The second kappa shape index (κ2) is 9.23. The molecule has 8 heteroatoms. The first-order chi connectivity index (χ1) is 16.2. The maximum Gasteiger partial charge on any atom is 0.354 e. The van der Waals surface area contributed by atoms with Crippen LogP contribution >= 0.6 is 11.3 Å². The molecule has 3 aromatic rings. The number of nitrogens with zero attached hydrogens (tertiary/aromatic N) is 2. The van der Waals surface area contributed by atoms with Gasteiger partial charge in [-0.05, 0) is 48.7 Å². The number of hydrogen-bond donors (Lipinski definition) is 2. The summed E-state index contributed by atoms with van der Waals surface area (Å²) in [5.41, 5.74) is 1.18. The zero-order valence-corrected chi connectivity index (χ0v) is 19.8. The Kier molecular flexibility index (Phi) is 6.34. The summed E-state index contributed by atoms with van der Waals surface area (Å²) >= 11 is 1.65. The number of carboxylic acid groups (broad SMARTS) is 1. The van der Waals surface area contributed by atoms with Gasteiger partial charge in [0.2, 0.25) is 0 Å². The molecule has 0 fully saturated rings. The number of aromatic nitrogens is 1. The summed E-state index contributed by atoms with van der Waals surface area (Å²) in [5.74, 6) is -3.11. The number of aliphatic hydroxyl groups is 1. The number of aryl methyl sites for hydroxylation is 1. The van der Waals surface area contributed by atoms with E-state index >= 15 is 0 Å². The molecule has 1 atom stereocenters.